The van der Waals surface area contributed by atoms with E-state index in [2.05, 4.69) is 29.9 Å². The third-order valence-corrected chi connectivity index (χ3v) is 8.49. The van der Waals surface area contributed by atoms with Crippen LogP contribution in [0, 0.1) is 0 Å². The highest BCUT2D eigenvalue weighted by Crippen LogP contribution is 2.58. The summed E-state index contributed by atoms with van der Waals surface area (Å²) in [6, 6.07) is 9.02. The van der Waals surface area contributed by atoms with Gasteiger partial charge in [0.1, 0.15) is 24.6 Å². The van der Waals surface area contributed by atoms with Crippen molar-refractivity contribution >= 4 is 44.5 Å². The minimum Gasteiger partial charge on any atom is -0.347 e. The first-order valence-electron chi connectivity index (χ1n) is 12.4. The molecule has 1 aromatic carbocycles. The predicted octanol–water partition coefficient (Wildman–Crippen LogP) is 2.64. The van der Waals surface area contributed by atoms with E-state index in [-0.39, 0.29) is 11.3 Å². The molecular weight excluding hydrogens is 582 g/mol. The summed E-state index contributed by atoms with van der Waals surface area (Å²) in [7, 11) is -9.23. The predicted molar refractivity (Wildman–Crippen MR) is 144 cm³/mol. The molecule has 4 N–H and O–H groups in total. The normalized spacial score (nSPS) is 27.0. The number of carbonyl (C=O) groups excluding carboxylic acids is 1. The van der Waals surface area contributed by atoms with Gasteiger partial charge in [0.05, 0.1) is 12.9 Å². The number of benzene rings is 1. The Hall–Kier alpha value is -3.04. The standard InChI is InChI=1S/C23H28N6O10P2/c1-3-24-23(30)28-20-17-21(26-12-25-20)29(13-27-17)22-19-18(15(36-22)11-35-41(33,34)39-40(2,31)32)37-16(38-19)10-9-14-7-5-4-6-8-14/h4-10,12-13,15-16,18-19,22H,3,11H2,1-2H3,(H,31,32)(H,33,34)(H2,24,25,26,28,30)/t15-,16+,18?,19+,22-/m1/s1. The Labute approximate surface area is 233 Å². The number of hydrogen-bond donors (Lipinski definition) is 4. The molecule has 4 heterocycles. The van der Waals surface area contributed by atoms with Crippen molar-refractivity contribution in [3.63, 3.8) is 0 Å². The summed E-state index contributed by atoms with van der Waals surface area (Å²) in [5, 5.41) is 5.23. The number of ether oxygens (including phenoxy) is 3. The molecule has 2 saturated heterocycles. The summed E-state index contributed by atoms with van der Waals surface area (Å²) >= 11 is 0. The topological polar surface area (TPSA) is 205 Å². The number of anilines is 1. The van der Waals surface area contributed by atoms with Crippen LogP contribution in [0.25, 0.3) is 17.2 Å². The van der Waals surface area contributed by atoms with Gasteiger partial charge in [-0.1, -0.05) is 36.4 Å². The van der Waals surface area contributed by atoms with Crippen molar-refractivity contribution in [3.8, 4) is 0 Å². The fourth-order valence-electron chi connectivity index (χ4n) is 4.39. The van der Waals surface area contributed by atoms with Gasteiger partial charge in [-0.2, -0.15) is 0 Å². The zero-order valence-corrected chi connectivity index (χ0v) is 23.6. The first-order chi connectivity index (χ1) is 19.5. The molecule has 41 heavy (non-hydrogen) atoms. The molecule has 3 unspecified atom stereocenters. The second kappa shape index (κ2) is 12.1. The van der Waals surface area contributed by atoms with Gasteiger partial charge in [-0.05, 0) is 18.6 Å². The SMILES string of the molecule is CCNC(=O)Nc1ncnc2c1ncn2[C@@H]1O[C@H](COP(=O)(O)OP(C)(=O)O)C2O[C@H](C=Cc3ccccc3)O[C@@H]21. The molecule has 0 spiro atoms. The number of nitrogens with zero attached hydrogens (tertiary/aromatic N) is 4. The van der Waals surface area contributed by atoms with Crippen LogP contribution >= 0.6 is 15.4 Å². The average Bonchev–Trinajstić information content (AvgIpc) is 3.60. The lowest BCUT2D eigenvalue weighted by molar-refractivity contribution is -0.132. The van der Waals surface area contributed by atoms with E-state index in [1.54, 1.807) is 17.6 Å². The lowest BCUT2D eigenvalue weighted by Gasteiger charge is -2.21. The van der Waals surface area contributed by atoms with E-state index in [0.717, 1.165) is 12.2 Å². The Morgan fingerprint density at radius 3 is 2.61 bits per heavy atom. The second-order valence-electron chi connectivity index (χ2n) is 9.08. The molecule has 2 aromatic heterocycles. The number of nitrogens with one attached hydrogen (secondary N) is 2. The summed E-state index contributed by atoms with van der Waals surface area (Å²) in [4.78, 5) is 44.1. The van der Waals surface area contributed by atoms with Crippen molar-refractivity contribution in [2.45, 2.75) is 37.8 Å². The summed E-state index contributed by atoms with van der Waals surface area (Å²) < 4.78 is 52.9. The summed E-state index contributed by atoms with van der Waals surface area (Å²) in [5.41, 5.74) is 1.51. The molecular formula is C23H28N6O10P2. The Morgan fingerprint density at radius 2 is 1.88 bits per heavy atom. The Balaban J connectivity index is 1.40. The fraction of sp³-hybridized carbons (Fsp3) is 0.391. The van der Waals surface area contributed by atoms with Gasteiger partial charge in [0.2, 0.25) is 0 Å². The number of amides is 2. The maximum Gasteiger partial charge on any atom is 0.479 e. The number of phosphoric acid groups is 1. The van der Waals surface area contributed by atoms with Gasteiger partial charge in [-0.15, -0.1) is 0 Å². The molecule has 0 saturated carbocycles. The number of phosphoric ester groups is 1. The van der Waals surface area contributed by atoms with Gasteiger partial charge in [0.15, 0.2) is 29.5 Å². The molecule has 2 fully saturated rings. The summed E-state index contributed by atoms with van der Waals surface area (Å²) in [6.45, 7) is 2.41. The van der Waals surface area contributed by atoms with Crippen molar-refractivity contribution in [2.75, 3.05) is 25.1 Å². The zero-order chi connectivity index (χ0) is 29.2. The smallest absolute Gasteiger partial charge is 0.347 e. The van der Waals surface area contributed by atoms with Crippen LogP contribution in [-0.2, 0) is 32.2 Å². The number of rotatable bonds is 10. The van der Waals surface area contributed by atoms with Crippen LogP contribution in [0.1, 0.15) is 18.7 Å². The van der Waals surface area contributed by atoms with Crippen LogP contribution in [0.2, 0.25) is 0 Å². The van der Waals surface area contributed by atoms with Crippen LogP contribution in [0.4, 0.5) is 10.6 Å². The number of fused-ring (bicyclic) bond motifs is 2. The van der Waals surface area contributed by atoms with E-state index in [0.29, 0.717) is 12.2 Å². The third kappa shape index (κ3) is 7.07. The second-order valence-corrected chi connectivity index (χ2v) is 12.5. The number of urea groups is 1. The van der Waals surface area contributed by atoms with Crippen LogP contribution in [0.15, 0.2) is 49.1 Å². The molecule has 16 nitrogen and oxygen atoms in total. The van der Waals surface area contributed by atoms with Gasteiger partial charge < -0.3 is 29.3 Å². The molecule has 0 aliphatic carbocycles. The highest BCUT2D eigenvalue weighted by molar-refractivity contribution is 7.63. The van der Waals surface area contributed by atoms with Crippen molar-refractivity contribution in [1.82, 2.24) is 24.8 Å². The summed E-state index contributed by atoms with van der Waals surface area (Å²) in [5.74, 6) is 0.174. The van der Waals surface area contributed by atoms with Crippen LogP contribution in [-0.4, -0.2) is 79.8 Å². The first kappa shape index (κ1) is 29.5. The fourth-order valence-corrected chi connectivity index (χ4v) is 6.44. The Kier molecular flexibility index (Phi) is 8.66. The molecule has 220 valence electrons. The van der Waals surface area contributed by atoms with Gasteiger partial charge in [0.25, 0.3) is 0 Å². The molecule has 2 aliphatic heterocycles. The highest BCUT2D eigenvalue weighted by Gasteiger charge is 2.54. The first-order valence-corrected chi connectivity index (χ1v) is 16.0. The lowest BCUT2D eigenvalue weighted by atomic mass is 10.1. The molecule has 3 aromatic rings. The van der Waals surface area contributed by atoms with E-state index < -0.39 is 58.9 Å². The molecule has 18 heteroatoms. The zero-order valence-electron chi connectivity index (χ0n) is 21.8. The van der Waals surface area contributed by atoms with Crippen molar-refractivity contribution in [1.29, 1.82) is 0 Å². The monoisotopic (exact) mass is 610 g/mol. The molecule has 7 atom stereocenters. The lowest BCUT2D eigenvalue weighted by Crippen LogP contribution is -2.31. The van der Waals surface area contributed by atoms with E-state index in [9.17, 15) is 23.7 Å². The van der Waals surface area contributed by atoms with E-state index in [1.165, 1.54) is 12.7 Å². The molecule has 2 amide bonds. The number of hydrogen-bond acceptors (Lipinski definition) is 11. The molecule has 0 bridgehead atoms. The van der Waals surface area contributed by atoms with Gasteiger partial charge in [0, 0.05) is 13.2 Å². The van der Waals surface area contributed by atoms with Crippen molar-refractivity contribution in [2.24, 2.45) is 0 Å². The average molecular weight is 610 g/mol. The largest absolute Gasteiger partial charge is 0.479 e. The quantitative estimate of drug-likeness (QED) is 0.244. The minimum atomic E-state index is -4.91. The van der Waals surface area contributed by atoms with Gasteiger partial charge in [-0.3, -0.25) is 19.0 Å². The number of imidazole rings is 1. The van der Waals surface area contributed by atoms with Crippen LogP contribution in [0.5, 0.6) is 0 Å². The highest BCUT2D eigenvalue weighted by atomic mass is 31.3. The number of aromatic nitrogens is 4. The van der Waals surface area contributed by atoms with E-state index in [1.807, 2.05) is 36.4 Å². The van der Waals surface area contributed by atoms with Gasteiger partial charge in [-0.25, -0.2) is 28.6 Å². The van der Waals surface area contributed by atoms with E-state index >= 15 is 0 Å². The summed E-state index contributed by atoms with van der Waals surface area (Å²) in [6.07, 6.45) is 2.01. The van der Waals surface area contributed by atoms with Gasteiger partial charge >= 0.3 is 21.4 Å². The van der Waals surface area contributed by atoms with Crippen LogP contribution in [0.3, 0.4) is 0 Å². The maximum absolute atomic E-state index is 12.2. The van der Waals surface area contributed by atoms with Crippen molar-refractivity contribution in [3.05, 3.63) is 54.6 Å². The molecule has 5 rings (SSSR count). The van der Waals surface area contributed by atoms with E-state index in [4.69, 9.17) is 18.7 Å². The van der Waals surface area contributed by atoms with Crippen LogP contribution < -0.4 is 10.6 Å². The van der Waals surface area contributed by atoms with Crippen molar-refractivity contribution < 1.29 is 46.8 Å². The third-order valence-electron chi connectivity index (χ3n) is 5.97. The maximum atomic E-state index is 12.2. The molecule has 2 aliphatic rings. The number of carbonyl (C=O) groups is 1. The molecule has 0 radical (unpaired) electrons. The minimum absolute atomic E-state index is 0.174. The Bertz CT molecular complexity index is 1520. The Morgan fingerprint density at radius 1 is 1.12 bits per heavy atom.